The van der Waals surface area contributed by atoms with E-state index in [9.17, 15) is 35.1 Å². The Kier molecular flexibility index (Phi) is 5.45. The smallest absolute Gasteiger partial charge is 0.344 e. The second-order valence-electron chi connectivity index (χ2n) is 7.93. The van der Waals surface area contributed by atoms with Gasteiger partial charge in [-0.3, -0.25) is 0 Å². The van der Waals surface area contributed by atoms with Crippen molar-refractivity contribution in [3.05, 3.63) is 33.0 Å². The molecule has 35 heavy (non-hydrogen) atoms. The zero-order chi connectivity index (χ0) is 25.2. The quantitative estimate of drug-likeness (QED) is 0.175. The lowest BCUT2D eigenvalue weighted by atomic mass is 9.99. The van der Waals surface area contributed by atoms with Crippen LogP contribution in [0.3, 0.4) is 0 Å². The molecule has 2 aromatic carbocycles. The number of phenolic OH excluding ortho intramolecular Hbond substituents is 1. The van der Waals surface area contributed by atoms with Crippen molar-refractivity contribution < 1.29 is 53.3 Å². The fourth-order valence-corrected chi connectivity index (χ4v) is 4.32. The predicted molar refractivity (Wildman–Crippen MR) is 116 cm³/mol. The van der Waals surface area contributed by atoms with Gasteiger partial charge in [0.1, 0.15) is 24.4 Å². The molecule has 0 bridgehead atoms. The van der Waals surface area contributed by atoms with Gasteiger partial charge in [-0.1, -0.05) is 0 Å². The Labute approximate surface area is 194 Å². The van der Waals surface area contributed by atoms with Crippen molar-refractivity contribution in [2.24, 2.45) is 0 Å². The molecule has 0 saturated carbocycles. The van der Waals surface area contributed by atoms with Gasteiger partial charge < -0.3 is 53.3 Å². The van der Waals surface area contributed by atoms with E-state index in [0.717, 1.165) is 6.07 Å². The van der Waals surface area contributed by atoms with E-state index in [4.69, 9.17) is 27.8 Å². The monoisotopic (exact) mass is 492 g/mol. The van der Waals surface area contributed by atoms with Crippen LogP contribution in [0.1, 0.15) is 0 Å². The Morgan fingerprint density at radius 3 is 2.00 bits per heavy atom. The Morgan fingerprint density at radius 1 is 0.857 bits per heavy atom. The maximum Gasteiger partial charge on any atom is 0.344 e. The van der Waals surface area contributed by atoms with Gasteiger partial charge in [0.15, 0.2) is 22.7 Å². The van der Waals surface area contributed by atoms with E-state index < -0.39 is 54.3 Å². The van der Waals surface area contributed by atoms with Gasteiger partial charge in [0, 0.05) is 10.8 Å². The number of hydrogen-bond acceptors (Lipinski definition) is 13. The predicted octanol–water partition coefficient (Wildman–Crippen LogP) is -0.608. The van der Waals surface area contributed by atoms with Gasteiger partial charge in [0.2, 0.25) is 17.8 Å². The van der Waals surface area contributed by atoms with E-state index in [-0.39, 0.29) is 50.0 Å². The highest BCUT2D eigenvalue weighted by molar-refractivity contribution is 6.22. The number of benzene rings is 2. The van der Waals surface area contributed by atoms with Crippen LogP contribution in [0.15, 0.2) is 30.6 Å². The second kappa shape index (κ2) is 8.25. The molecule has 0 aliphatic carbocycles. The molecule has 0 amide bonds. The van der Waals surface area contributed by atoms with Crippen LogP contribution in [0, 0.1) is 0 Å². The zero-order valence-electron chi connectivity index (χ0n) is 18.3. The molecule has 5 rings (SSSR count). The van der Waals surface area contributed by atoms with Crippen molar-refractivity contribution >= 4 is 32.7 Å². The van der Waals surface area contributed by atoms with Gasteiger partial charge in [0.05, 0.1) is 31.6 Å². The Morgan fingerprint density at radius 2 is 1.43 bits per heavy atom. The summed E-state index contributed by atoms with van der Waals surface area (Å²) in [5, 5.41) is 50.1. The van der Waals surface area contributed by atoms with Gasteiger partial charge in [0.25, 0.3) is 0 Å². The number of methoxy groups -OCH3 is 2. The Balaban J connectivity index is 1.77. The summed E-state index contributed by atoms with van der Waals surface area (Å²) >= 11 is 0. The highest BCUT2D eigenvalue weighted by atomic mass is 16.7. The lowest BCUT2D eigenvalue weighted by Crippen LogP contribution is -2.60. The summed E-state index contributed by atoms with van der Waals surface area (Å²) in [6.07, 6.45) is -7.94. The molecule has 186 valence electrons. The van der Waals surface area contributed by atoms with E-state index >= 15 is 0 Å². The molecule has 1 aliphatic heterocycles. The molecule has 1 aliphatic rings. The Bertz CT molecular complexity index is 1530. The van der Waals surface area contributed by atoms with Crippen LogP contribution in [-0.4, -0.2) is 77.1 Å². The molecular weight excluding hydrogens is 472 g/mol. The third-order valence-electron chi connectivity index (χ3n) is 6.00. The summed E-state index contributed by atoms with van der Waals surface area (Å²) in [7, 11) is 2.49. The number of aromatic hydroxyl groups is 1. The van der Waals surface area contributed by atoms with E-state index in [2.05, 4.69) is 0 Å². The summed E-state index contributed by atoms with van der Waals surface area (Å²) in [5.41, 5.74) is -2.17. The van der Waals surface area contributed by atoms with E-state index in [1.54, 1.807) is 0 Å². The maximum absolute atomic E-state index is 12.9. The zero-order valence-corrected chi connectivity index (χ0v) is 18.3. The minimum atomic E-state index is -1.75. The number of hydrogen-bond donors (Lipinski definition) is 5. The number of phenols is 1. The third kappa shape index (κ3) is 3.28. The standard InChI is InChI=1S/C22H20O13/c1-30-16-8(24)3-6-11-12-7(21(29)34-18(11)16)4-9(17(31-2)19(12)35-20(6)28)32-22-15(27)14(26)13(25)10(5-23)33-22/h3-4,10,13-15,22-27H,5H2,1-2H3/t10-,13-,14+,15-,22-/m1/s1. The molecule has 0 radical (unpaired) electrons. The first-order valence-electron chi connectivity index (χ1n) is 10.3. The second-order valence-corrected chi connectivity index (χ2v) is 7.93. The van der Waals surface area contributed by atoms with E-state index in [1.165, 1.54) is 20.3 Å². The van der Waals surface area contributed by atoms with Crippen LogP contribution in [0.5, 0.6) is 23.0 Å². The van der Waals surface area contributed by atoms with Crippen LogP contribution < -0.4 is 25.5 Å². The van der Waals surface area contributed by atoms with Gasteiger partial charge in [-0.25, -0.2) is 9.59 Å². The molecule has 5 N–H and O–H groups in total. The number of aliphatic hydroxyl groups excluding tert-OH is 4. The normalized spacial score (nSPS) is 24.9. The molecule has 0 spiro atoms. The molecule has 1 fully saturated rings. The summed E-state index contributed by atoms with van der Waals surface area (Å²) in [6.45, 7) is -0.685. The first-order valence-corrected chi connectivity index (χ1v) is 10.3. The average Bonchev–Trinajstić information content (AvgIpc) is 2.83. The molecule has 2 aromatic heterocycles. The lowest BCUT2D eigenvalue weighted by Gasteiger charge is -2.39. The van der Waals surface area contributed by atoms with Gasteiger partial charge in [-0.2, -0.15) is 0 Å². The van der Waals surface area contributed by atoms with Crippen LogP contribution in [0.4, 0.5) is 0 Å². The third-order valence-corrected chi connectivity index (χ3v) is 6.00. The minimum Gasteiger partial charge on any atom is -0.504 e. The summed E-state index contributed by atoms with van der Waals surface area (Å²) in [6, 6.07) is 2.32. The fourth-order valence-electron chi connectivity index (χ4n) is 4.32. The van der Waals surface area contributed by atoms with Crippen molar-refractivity contribution in [3.63, 3.8) is 0 Å². The van der Waals surface area contributed by atoms with Crippen molar-refractivity contribution in [1.29, 1.82) is 0 Å². The highest BCUT2D eigenvalue weighted by Gasteiger charge is 2.45. The van der Waals surface area contributed by atoms with Gasteiger partial charge in [-0.15, -0.1) is 0 Å². The largest absolute Gasteiger partial charge is 0.504 e. The first kappa shape index (κ1) is 23.1. The molecular formula is C22H20O13. The molecule has 3 heterocycles. The van der Waals surface area contributed by atoms with Gasteiger partial charge in [-0.05, 0) is 12.1 Å². The first-order chi connectivity index (χ1) is 16.7. The maximum atomic E-state index is 12.9. The number of rotatable bonds is 5. The molecule has 5 atom stereocenters. The van der Waals surface area contributed by atoms with Crippen LogP contribution in [-0.2, 0) is 4.74 Å². The molecule has 13 heteroatoms. The molecule has 4 aromatic rings. The van der Waals surface area contributed by atoms with Crippen LogP contribution in [0.2, 0.25) is 0 Å². The highest BCUT2D eigenvalue weighted by Crippen LogP contribution is 2.46. The lowest BCUT2D eigenvalue weighted by molar-refractivity contribution is -0.277. The summed E-state index contributed by atoms with van der Waals surface area (Å²) < 4.78 is 32.3. The van der Waals surface area contributed by atoms with Crippen molar-refractivity contribution in [1.82, 2.24) is 0 Å². The van der Waals surface area contributed by atoms with Crippen molar-refractivity contribution in [3.8, 4) is 23.0 Å². The van der Waals surface area contributed by atoms with E-state index in [0.29, 0.717) is 0 Å². The van der Waals surface area contributed by atoms with Gasteiger partial charge >= 0.3 is 11.3 Å². The van der Waals surface area contributed by atoms with E-state index in [1.807, 2.05) is 0 Å². The summed E-state index contributed by atoms with van der Waals surface area (Å²) in [4.78, 5) is 25.7. The molecule has 0 unspecified atom stereocenters. The average molecular weight is 492 g/mol. The fraction of sp³-hybridized carbons (Fsp3) is 0.364. The SMILES string of the molecule is COc1c(O)cc2c(=O)oc3c(OC)c(O[C@@H]4O[C@H](CO)[C@@H](O)[C@H](O)[C@H]4O)cc4c(=O)oc1c2c34. The molecule has 1 saturated heterocycles. The van der Waals surface area contributed by atoms with Crippen LogP contribution in [0.25, 0.3) is 32.7 Å². The minimum absolute atomic E-state index is 0.0794. The number of aliphatic hydroxyl groups is 4. The van der Waals surface area contributed by atoms with Crippen molar-refractivity contribution in [2.45, 2.75) is 30.7 Å². The van der Waals surface area contributed by atoms with Crippen LogP contribution >= 0.6 is 0 Å². The summed E-state index contributed by atoms with van der Waals surface area (Å²) in [5.74, 6) is -0.989. The Hall–Kier alpha value is -3.62. The van der Waals surface area contributed by atoms with Crippen molar-refractivity contribution in [2.75, 3.05) is 20.8 Å². The molecule has 13 nitrogen and oxygen atoms in total. The number of ether oxygens (including phenoxy) is 4. The topological polar surface area (TPSA) is 198 Å².